The van der Waals surface area contributed by atoms with Gasteiger partial charge in [-0.2, -0.15) is 0 Å². The molecule has 2 nitrogen and oxygen atoms in total. The molecule has 0 aliphatic carbocycles. The van der Waals surface area contributed by atoms with Crippen LogP contribution in [0.5, 0.6) is 0 Å². The zero-order valence-corrected chi connectivity index (χ0v) is 11.4. The highest BCUT2D eigenvalue weighted by atomic mass is 16.1. The first-order chi connectivity index (χ1) is 7.47. The molecule has 1 aliphatic rings. The van der Waals surface area contributed by atoms with E-state index < -0.39 is 0 Å². The van der Waals surface area contributed by atoms with Crippen molar-refractivity contribution in [3.05, 3.63) is 0 Å². The first-order valence-electron chi connectivity index (χ1n) is 6.66. The zero-order chi connectivity index (χ0) is 12.2. The maximum absolute atomic E-state index is 11.3. The molecule has 0 saturated carbocycles. The lowest BCUT2D eigenvalue weighted by atomic mass is 9.80. The van der Waals surface area contributed by atoms with Crippen LogP contribution in [0.2, 0.25) is 0 Å². The van der Waals surface area contributed by atoms with Crippen molar-refractivity contribution in [2.24, 2.45) is 10.8 Å². The van der Waals surface area contributed by atoms with E-state index in [0.29, 0.717) is 5.41 Å². The molecule has 16 heavy (non-hydrogen) atoms. The van der Waals surface area contributed by atoms with Crippen molar-refractivity contribution in [3.8, 4) is 0 Å². The Hall–Kier alpha value is -0.370. The van der Waals surface area contributed by atoms with Crippen LogP contribution in [-0.4, -0.2) is 30.8 Å². The molecule has 0 N–H and O–H groups in total. The Morgan fingerprint density at radius 1 is 1.31 bits per heavy atom. The summed E-state index contributed by atoms with van der Waals surface area (Å²) in [4.78, 5) is 13.8. The molecule has 0 amide bonds. The fourth-order valence-corrected chi connectivity index (χ4v) is 2.80. The predicted molar refractivity (Wildman–Crippen MR) is 68.5 cm³/mol. The minimum Gasteiger partial charge on any atom is -0.303 e. The molecular weight excluding hydrogens is 198 g/mol. The predicted octanol–water partition coefficient (Wildman–Crippen LogP) is 3.11. The van der Waals surface area contributed by atoms with Gasteiger partial charge in [-0.1, -0.05) is 27.7 Å². The van der Waals surface area contributed by atoms with Crippen LogP contribution in [0, 0.1) is 10.8 Å². The fraction of sp³-hybridized carbons (Fsp3) is 0.929. The van der Waals surface area contributed by atoms with Crippen molar-refractivity contribution in [1.29, 1.82) is 0 Å². The van der Waals surface area contributed by atoms with E-state index in [-0.39, 0.29) is 5.41 Å². The molecule has 0 spiro atoms. The molecule has 0 aromatic heterocycles. The average molecular weight is 225 g/mol. The Labute approximate surface area is 100 Å². The SMILES string of the molecule is CCC(C=O)(CC)CN1CCCC(C)(C)C1. The number of carbonyl (C=O) groups is 1. The second-order valence-electron chi connectivity index (χ2n) is 6.17. The molecule has 2 heteroatoms. The van der Waals surface area contributed by atoms with Gasteiger partial charge in [-0.3, -0.25) is 0 Å². The summed E-state index contributed by atoms with van der Waals surface area (Å²) in [6.45, 7) is 12.2. The minimum atomic E-state index is -0.104. The molecule has 0 aromatic rings. The summed E-state index contributed by atoms with van der Waals surface area (Å²) in [7, 11) is 0. The summed E-state index contributed by atoms with van der Waals surface area (Å²) in [6, 6.07) is 0. The third-order valence-electron chi connectivity index (χ3n) is 4.18. The summed E-state index contributed by atoms with van der Waals surface area (Å²) >= 11 is 0. The maximum atomic E-state index is 11.3. The lowest BCUT2D eigenvalue weighted by Gasteiger charge is -2.41. The van der Waals surface area contributed by atoms with E-state index >= 15 is 0 Å². The Morgan fingerprint density at radius 3 is 2.38 bits per heavy atom. The molecule has 0 unspecified atom stereocenters. The van der Waals surface area contributed by atoms with Crippen LogP contribution in [0.15, 0.2) is 0 Å². The molecule has 1 fully saturated rings. The van der Waals surface area contributed by atoms with E-state index in [1.807, 2.05) is 0 Å². The molecule has 0 bridgehead atoms. The number of hydrogen-bond acceptors (Lipinski definition) is 2. The van der Waals surface area contributed by atoms with Crippen molar-refractivity contribution < 1.29 is 4.79 Å². The van der Waals surface area contributed by atoms with Gasteiger partial charge in [0.2, 0.25) is 0 Å². The smallest absolute Gasteiger partial charge is 0.127 e. The van der Waals surface area contributed by atoms with Gasteiger partial charge in [0.1, 0.15) is 6.29 Å². The van der Waals surface area contributed by atoms with Gasteiger partial charge >= 0.3 is 0 Å². The van der Waals surface area contributed by atoms with Crippen LogP contribution in [0.1, 0.15) is 53.4 Å². The standard InChI is InChI=1S/C14H27NO/c1-5-14(6-2,12-16)11-15-9-7-8-13(3,4)10-15/h12H,5-11H2,1-4H3. The molecule has 0 aromatic carbocycles. The Bertz CT molecular complexity index is 231. The zero-order valence-electron chi connectivity index (χ0n) is 11.4. The van der Waals surface area contributed by atoms with Crippen LogP contribution in [-0.2, 0) is 4.79 Å². The third-order valence-corrected chi connectivity index (χ3v) is 4.18. The lowest BCUT2D eigenvalue weighted by molar-refractivity contribution is -0.118. The second kappa shape index (κ2) is 5.31. The van der Waals surface area contributed by atoms with Gasteiger partial charge in [0.05, 0.1) is 0 Å². The topological polar surface area (TPSA) is 20.3 Å². The van der Waals surface area contributed by atoms with Crippen LogP contribution in [0.3, 0.4) is 0 Å². The van der Waals surface area contributed by atoms with E-state index in [1.165, 1.54) is 25.7 Å². The first-order valence-corrected chi connectivity index (χ1v) is 6.66. The molecular formula is C14H27NO. The lowest BCUT2D eigenvalue weighted by Crippen LogP contribution is -2.46. The highest BCUT2D eigenvalue weighted by Gasteiger charge is 2.33. The first kappa shape index (κ1) is 13.7. The summed E-state index contributed by atoms with van der Waals surface area (Å²) < 4.78 is 0. The van der Waals surface area contributed by atoms with Gasteiger partial charge in [0.15, 0.2) is 0 Å². The van der Waals surface area contributed by atoms with Gasteiger partial charge in [-0.25, -0.2) is 0 Å². The van der Waals surface area contributed by atoms with Crippen molar-refractivity contribution in [3.63, 3.8) is 0 Å². The third kappa shape index (κ3) is 3.31. The van der Waals surface area contributed by atoms with E-state index in [4.69, 9.17) is 0 Å². The van der Waals surface area contributed by atoms with E-state index in [1.54, 1.807) is 0 Å². The molecule has 1 rings (SSSR count). The Kier molecular flexibility index (Phi) is 4.54. The van der Waals surface area contributed by atoms with Crippen LogP contribution in [0.25, 0.3) is 0 Å². The Morgan fingerprint density at radius 2 is 1.94 bits per heavy atom. The summed E-state index contributed by atoms with van der Waals surface area (Å²) in [5, 5.41) is 0. The average Bonchev–Trinajstić information content (AvgIpc) is 2.25. The molecule has 1 aliphatic heterocycles. The number of hydrogen-bond donors (Lipinski definition) is 0. The monoisotopic (exact) mass is 225 g/mol. The van der Waals surface area contributed by atoms with E-state index in [2.05, 4.69) is 32.6 Å². The van der Waals surface area contributed by atoms with Crippen molar-refractivity contribution >= 4 is 6.29 Å². The van der Waals surface area contributed by atoms with Crippen LogP contribution >= 0.6 is 0 Å². The molecule has 0 atom stereocenters. The van der Waals surface area contributed by atoms with Crippen LogP contribution < -0.4 is 0 Å². The number of piperidine rings is 1. The number of carbonyl (C=O) groups excluding carboxylic acids is 1. The van der Waals surface area contributed by atoms with E-state index in [0.717, 1.165) is 25.9 Å². The normalized spacial score (nSPS) is 22.0. The van der Waals surface area contributed by atoms with E-state index in [9.17, 15) is 4.79 Å². The van der Waals surface area contributed by atoms with Gasteiger partial charge in [0, 0.05) is 18.5 Å². The number of likely N-dealkylation sites (tertiary alicyclic amines) is 1. The Balaban J connectivity index is 2.61. The fourth-order valence-electron chi connectivity index (χ4n) is 2.80. The summed E-state index contributed by atoms with van der Waals surface area (Å²) in [6.07, 6.45) is 5.70. The summed E-state index contributed by atoms with van der Waals surface area (Å²) in [5.41, 5.74) is 0.321. The van der Waals surface area contributed by atoms with Crippen molar-refractivity contribution in [2.45, 2.75) is 53.4 Å². The highest BCUT2D eigenvalue weighted by molar-refractivity contribution is 5.59. The van der Waals surface area contributed by atoms with Gasteiger partial charge < -0.3 is 9.69 Å². The highest BCUT2D eigenvalue weighted by Crippen LogP contribution is 2.32. The summed E-state index contributed by atoms with van der Waals surface area (Å²) in [5.74, 6) is 0. The van der Waals surface area contributed by atoms with Gasteiger partial charge in [-0.15, -0.1) is 0 Å². The second-order valence-corrected chi connectivity index (χ2v) is 6.17. The van der Waals surface area contributed by atoms with Crippen LogP contribution in [0.4, 0.5) is 0 Å². The molecule has 0 radical (unpaired) electrons. The molecule has 1 saturated heterocycles. The number of aldehydes is 1. The molecule has 1 heterocycles. The number of rotatable bonds is 5. The van der Waals surface area contributed by atoms with Gasteiger partial charge in [-0.05, 0) is 37.6 Å². The van der Waals surface area contributed by atoms with Crippen molar-refractivity contribution in [1.82, 2.24) is 4.90 Å². The molecule has 94 valence electrons. The number of nitrogens with zero attached hydrogens (tertiary/aromatic N) is 1. The quantitative estimate of drug-likeness (QED) is 0.670. The van der Waals surface area contributed by atoms with Crippen molar-refractivity contribution in [2.75, 3.05) is 19.6 Å². The largest absolute Gasteiger partial charge is 0.303 e. The van der Waals surface area contributed by atoms with Gasteiger partial charge in [0.25, 0.3) is 0 Å². The maximum Gasteiger partial charge on any atom is 0.127 e. The minimum absolute atomic E-state index is 0.104.